The summed E-state index contributed by atoms with van der Waals surface area (Å²) in [5, 5.41) is 1.21. The lowest BCUT2D eigenvalue weighted by atomic mass is 10.3. The molecule has 0 fully saturated rings. The average Bonchev–Trinajstić information content (AvgIpc) is 1.96. The topological polar surface area (TPSA) is 26.0 Å². The molecule has 0 aromatic heterocycles. The highest BCUT2D eigenvalue weighted by atomic mass is 35.5. The number of hydrogen-bond acceptors (Lipinski definition) is 2. The van der Waals surface area contributed by atoms with Crippen LogP contribution in [-0.4, -0.2) is 5.25 Å². The molecule has 12 heavy (non-hydrogen) atoms. The van der Waals surface area contributed by atoms with E-state index < -0.39 is 0 Å². The van der Waals surface area contributed by atoms with Crippen molar-refractivity contribution in [3.05, 3.63) is 23.2 Å². The zero-order valence-electron chi connectivity index (χ0n) is 7.17. The Balaban J connectivity index is 2.82. The van der Waals surface area contributed by atoms with Crippen LogP contribution < -0.4 is 5.73 Å². The molecule has 66 valence electrons. The van der Waals surface area contributed by atoms with E-state index in [0.29, 0.717) is 16.0 Å². The Hall–Kier alpha value is -0.340. The van der Waals surface area contributed by atoms with Gasteiger partial charge in [0.2, 0.25) is 0 Å². The molecule has 0 spiro atoms. The quantitative estimate of drug-likeness (QED) is 0.586. The summed E-state index contributed by atoms with van der Waals surface area (Å²) in [6.45, 7) is 4.30. The second-order valence-corrected chi connectivity index (χ2v) is 4.91. The maximum Gasteiger partial charge on any atom is 0.0646 e. The van der Waals surface area contributed by atoms with E-state index in [4.69, 9.17) is 17.3 Å². The van der Waals surface area contributed by atoms with Crippen LogP contribution in [0.2, 0.25) is 5.02 Å². The molecule has 1 rings (SSSR count). The first-order valence-electron chi connectivity index (χ1n) is 3.81. The summed E-state index contributed by atoms with van der Waals surface area (Å²) in [6, 6.07) is 5.74. The van der Waals surface area contributed by atoms with E-state index in [0.717, 1.165) is 0 Å². The fraction of sp³-hybridized carbons (Fsp3) is 0.333. The lowest BCUT2D eigenvalue weighted by molar-refractivity contribution is 1.11. The lowest BCUT2D eigenvalue weighted by Crippen LogP contribution is -1.88. The molecule has 0 aliphatic carbocycles. The SMILES string of the molecule is CC(C)Sc1ccc(N)c(Cl)c1. The van der Waals surface area contributed by atoms with Crippen LogP contribution in [0.15, 0.2) is 23.1 Å². The molecular weight excluding hydrogens is 190 g/mol. The third-order valence-electron chi connectivity index (χ3n) is 1.34. The molecule has 2 N–H and O–H groups in total. The highest BCUT2D eigenvalue weighted by Gasteiger charge is 2.00. The second-order valence-electron chi connectivity index (χ2n) is 2.85. The number of nitrogens with two attached hydrogens (primary N) is 1. The Bertz CT molecular complexity index is 273. The first kappa shape index (κ1) is 9.75. The zero-order valence-corrected chi connectivity index (χ0v) is 8.75. The van der Waals surface area contributed by atoms with Crippen molar-refractivity contribution in [1.82, 2.24) is 0 Å². The van der Waals surface area contributed by atoms with Crippen LogP contribution in [0.5, 0.6) is 0 Å². The fourth-order valence-electron chi connectivity index (χ4n) is 0.853. The second kappa shape index (κ2) is 4.06. The van der Waals surface area contributed by atoms with E-state index >= 15 is 0 Å². The Kier molecular flexibility index (Phi) is 3.29. The van der Waals surface area contributed by atoms with Gasteiger partial charge in [-0.25, -0.2) is 0 Å². The normalized spacial score (nSPS) is 10.7. The highest BCUT2D eigenvalue weighted by molar-refractivity contribution is 7.99. The molecule has 1 nitrogen and oxygen atoms in total. The molecule has 0 atom stereocenters. The first-order valence-corrected chi connectivity index (χ1v) is 5.07. The molecule has 1 aromatic rings. The summed E-state index contributed by atoms with van der Waals surface area (Å²) < 4.78 is 0. The molecule has 0 aliphatic rings. The molecule has 1 aromatic carbocycles. The van der Waals surface area contributed by atoms with Crippen LogP contribution in [0.1, 0.15) is 13.8 Å². The summed E-state index contributed by atoms with van der Waals surface area (Å²) in [4.78, 5) is 1.17. The predicted octanol–water partition coefficient (Wildman–Crippen LogP) is 3.42. The van der Waals surface area contributed by atoms with E-state index in [-0.39, 0.29) is 0 Å². The molecule has 3 heteroatoms. The van der Waals surface area contributed by atoms with Crippen LogP contribution in [0.25, 0.3) is 0 Å². The molecule has 0 saturated carbocycles. The maximum absolute atomic E-state index is 5.86. The Morgan fingerprint density at radius 3 is 2.58 bits per heavy atom. The fourth-order valence-corrected chi connectivity index (χ4v) is 1.98. The molecule has 0 radical (unpaired) electrons. The summed E-state index contributed by atoms with van der Waals surface area (Å²) in [5.74, 6) is 0. The van der Waals surface area contributed by atoms with Crippen molar-refractivity contribution >= 4 is 29.1 Å². The molecule has 0 saturated heterocycles. The zero-order chi connectivity index (χ0) is 9.14. The van der Waals surface area contributed by atoms with Crippen LogP contribution >= 0.6 is 23.4 Å². The predicted molar refractivity (Wildman–Crippen MR) is 56.9 cm³/mol. The lowest BCUT2D eigenvalue weighted by Gasteiger charge is -2.05. The van der Waals surface area contributed by atoms with Crippen molar-refractivity contribution in [2.75, 3.05) is 5.73 Å². The summed E-state index contributed by atoms with van der Waals surface area (Å²) >= 11 is 7.64. The monoisotopic (exact) mass is 201 g/mol. The van der Waals surface area contributed by atoms with Crippen LogP contribution in [-0.2, 0) is 0 Å². The Morgan fingerprint density at radius 1 is 1.42 bits per heavy atom. The van der Waals surface area contributed by atoms with E-state index in [2.05, 4.69) is 13.8 Å². The van der Waals surface area contributed by atoms with Gasteiger partial charge in [0.15, 0.2) is 0 Å². The van der Waals surface area contributed by atoms with Crippen molar-refractivity contribution < 1.29 is 0 Å². The van der Waals surface area contributed by atoms with Gasteiger partial charge in [0.1, 0.15) is 0 Å². The van der Waals surface area contributed by atoms with E-state index in [1.807, 2.05) is 18.2 Å². The third-order valence-corrected chi connectivity index (χ3v) is 2.67. The molecule has 0 bridgehead atoms. The van der Waals surface area contributed by atoms with Gasteiger partial charge in [-0.2, -0.15) is 0 Å². The van der Waals surface area contributed by atoms with Gasteiger partial charge in [-0.05, 0) is 18.2 Å². The summed E-state index contributed by atoms with van der Waals surface area (Å²) in [6.07, 6.45) is 0. The van der Waals surface area contributed by atoms with E-state index in [1.54, 1.807) is 11.8 Å². The molecule has 0 amide bonds. The number of hydrogen-bond donors (Lipinski definition) is 1. The number of halogens is 1. The average molecular weight is 202 g/mol. The van der Waals surface area contributed by atoms with Crippen molar-refractivity contribution in [2.45, 2.75) is 24.0 Å². The number of nitrogen functional groups attached to an aromatic ring is 1. The maximum atomic E-state index is 5.86. The van der Waals surface area contributed by atoms with Crippen molar-refractivity contribution in [3.63, 3.8) is 0 Å². The number of benzene rings is 1. The van der Waals surface area contributed by atoms with Gasteiger partial charge < -0.3 is 5.73 Å². The molecular formula is C9H12ClNS. The van der Waals surface area contributed by atoms with Crippen molar-refractivity contribution in [2.24, 2.45) is 0 Å². The van der Waals surface area contributed by atoms with Gasteiger partial charge in [-0.15, -0.1) is 11.8 Å². The standard InChI is InChI=1S/C9H12ClNS/c1-6(2)12-7-3-4-9(11)8(10)5-7/h3-6H,11H2,1-2H3. The first-order chi connectivity index (χ1) is 5.59. The van der Waals surface area contributed by atoms with Gasteiger partial charge in [0.25, 0.3) is 0 Å². The van der Waals surface area contributed by atoms with Gasteiger partial charge in [-0.1, -0.05) is 25.4 Å². The molecule has 0 heterocycles. The number of rotatable bonds is 2. The summed E-state index contributed by atoms with van der Waals surface area (Å²) in [5.41, 5.74) is 6.22. The van der Waals surface area contributed by atoms with Gasteiger partial charge in [-0.3, -0.25) is 0 Å². The minimum absolute atomic E-state index is 0.574. The van der Waals surface area contributed by atoms with Crippen LogP contribution in [0, 0.1) is 0 Å². The van der Waals surface area contributed by atoms with Gasteiger partial charge in [0, 0.05) is 10.1 Å². The van der Waals surface area contributed by atoms with Crippen LogP contribution in [0.4, 0.5) is 5.69 Å². The molecule has 0 aliphatic heterocycles. The number of anilines is 1. The molecule has 0 unspecified atom stereocenters. The van der Waals surface area contributed by atoms with Gasteiger partial charge >= 0.3 is 0 Å². The number of thioether (sulfide) groups is 1. The highest BCUT2D eigenvalue weighted by Crippen LogP contribution is 2.28. The van der Waals surface area contributed by atoms with Crippen molar-refractivity contribution in [1.29, 1.82) is 0 Å². The minimum atomic E-state index is 0.574. The third kappa shape index (κ3) is 2.61. The van der Waals surface area contributed by atoms with Gasteiger partial charge in [0.05, 0.1) is 10.7 Å². The Morgan fingerprint density at radius 2 is 2.08 bits per heavy atom. The Labute approximate surface area is 82.3 Å². The summed E-state index contributed by atoms with van der Waals surface area (Å²) in [7, 11) is 0. The van der Waals surface area contributed by atoms with E-state index in [1.165, 1.54) is 4.90 Å². The van der Waals surface area contributed by atoms with E-state index in [9.17, 15) is 0 Å². The smallest absolute Gasteiger partial charge is 0.0646 e. The van der Waals surface area contributed by atoms with Crippen LogP contribution in [0.3, 0.4) is 0 Å². The largest absolute Gasteiger partial charge is 0.398 e. The van der Waals surface area contributed by atoms with Crippen molar-refractivity contribution in [3.8, 4) is 0 Å². The minimum Gasteiger partial charge on any atom is -0.398 e.